The van der Waals surface area contributed by atoms with E-state index in [-0.39, 0.29) is 0 Å². The van der Waals surface area contributed by atoms with Gasteiger partial charge < -0.3 is 0 Å². The van der Waals surface area contributed by atoms with Crippen LogP contribution in [0, 0.1) is 0 Å². The molecule has 0 heteroatoms. The molecular formula is C19H18. The van der Waals surface area contributed by atoms with Crippen LogP contribution in [0.1, 0.15) is 17.5 Å². The monoisotopic (exact) mass is 246 g/mol. The van der Waals surface area contributed by atoms with Crippen molar-refractivity contribution < 1.29 is 0 Å². The van der Waals surface area contributed by atoms with Crippen molar-refractivity contribution in [1.82, 2.24) is 0 Å². The molecule has 94 valence electrons. The Kier molecular flexibility index (Phi) is 4.95. The van der Waals surface area contributed by atoms with E-state index in [1.807, 2.05) is 30.3 Å². The molecule has 0 aliphatic rings. The average Bonchev–Trinajstić information content (AvgIpc) is 2.47. The van der Waals surface area contributed by atoms with Crippen LogP contribution >= 0.6 is 0 Å². The first-order valence-corrected chi connectivity index (χ1v) is 6.48. The first-order valence-electron chi connectivity index (χ1n) is 6.48. The van der Waals surface area contributed by atoms with Gasteiger partial charge in [0.1, 0.15) is 0 Å². The zero-order valence-corrected chi connectivity index (χ0v) is 11.0. The lowest BCUT2D eigenvalue weighted by atomic mass is 10.1. The molecule has 2 aromatic carbocycles. The van der Waals surface area contributed by atoms with Gasteiger partial charge in [-0.3, -0.25) is 0 Å². The second kappa shape index (κ2) is 7.17. The molecule has 0 amide bonds. The van der Waals surface area contributed by atoms with Gasteiger partial charge in [0.25, 0.3) is 0 Å². The lowest BCUT2D eigenvalue weighted by molar-refractivity contribution is 1.32. The molecule has 0 aliphatic carbocycles. The maximum atomic E-state index is 3.82. The Morgan fingerprint density at radius 1 is 0.842 bits per heavy atom. The molecule has 0 saturated carbocycles. The van der Waals surface area contributed by atoms with Crippen LogP contribution < -0.4 is 0 Å². The Morgan fingerprint density at radius 2 is 1.42 bits per heavy atom. The van der Waals surface area contributed by atoms with Crippen LogP contribution in [-0.4, -0.2) is 0 Å². The number of benzene rings is 2. The zero-order chi connectivity index (χ0) is 13.3. The van der Waals surface area contributed by atoms with Crippen molar-refractivity contribution in [3.05, 3.63) is 96.1 Å². The minimum absolute atomic E-state index is 0.873. The van der Waals surface area contributed by atoms with Crippen molar-refractivity contribution in [1.29, 1.82) is 0 Å². The number of hydrogen-bond acceptors (Lipinski definition) is 0. The van der Waals surface area contributed by atoms with Crippen molar-refractivity contribution in [3.8, 4) is 0 Å². The third-order valence-electron chi connectivity index (χ3n) is 2.82. The molecular weight excluding hydrogens is 228 g/mol. The summed E-state index contributed by atoms with van der Waals surface area (Å²) in [7, 11) is 0. The fourth-order valence-corrected chi connectivity index (χ4v) is 1.87. The molecule has 0 aromatic heterocycles. The summed E-state index contributed by atoms with van der Waals surface area (Å²) in [5.41, 5.74) is 3.69. The maximum absolute atomic E-state index is 3.82. The number of allylic oxidation sites excluding steroid dienone is 3. The summed E-state index contributed by atoms with van der Waals surface area (Å²) >= 11 is 0. The highest BCUT2D eigenvalue weighted by Crippen LogP contribution is 2.13. The molecule has 0 N–H and O–H groups in total. The Balaban J connectivity index is 2.19. The summed E-state index contributed by atoms with van der Waals surface area (Å²) in [5, 5.41) is 0. The minimum atomic E-state index is 0.873. The van der Waals surface area contributed by atoms with Gasteiger partial charge in [-0.25, -0.2) is 0 Å². The van der Waals surface area contributed by atoms with Crippen LogP contribution in [0.4, 0.5) is 0 Å². The highest BCUT2D eigenvalue weighted by Gasteiger charge is 1.92. The van der Waals surface area contributed by atoms with Crippen LogP contribution in [0.15, 0.2) is 85.0 Å². The largest absolute Gasteiger partial charge is 0.103 e. The van der Waals surface area contributed by atoms with Crippen molar-refractivity contribution in [2.24, 2.45) is 0 Å². The van der Waals surface area contributed by atoms with E-state index in [9.17, 15) is 0 Å². The molecule has 0 spiro atoms. The van der Waals surface area contributed by atoms with E-state index in [0.717, 1.165) is 6.42 Å². The maximum Gasteiger partial charge on any atom is -0.00999 e. The summed E-state index contributed by atoms with van der Waals surface area (Å²) in [5.74, 6) is 0. The van der Waals surface area contributed by atoms with Gasteiger partial charge in [0.05, 0.1) is 0 Å². The molecule has 0 atom stereocenters. The average molecular weight is 246 g/mol. The van der Waals surface area contributed by atoms with Crippen molar-refractivity contribution >= 4 is 12.2 Å². The summed E-state index contributed by atoms with van der Waals surface area (Å²) < 4.78 is 0. The Labute approximate surface area is 115 Å². The summed E-state index contributed by atoms with van der Waals surface area (Å²) in [4.78, 5) is 0. The Morgan fingerprint density at radius 3 is 2.00 bits per heavy atom. The van der Waals surface area contributed by atoms with Crippen molar-refractivity contribution in [2.45, 2.75) is 6.42 Å². The summed E-state index contributed by atoms with van der Waals surface area (Å²) in [6.45, 7) is 3.82. The molecule has 0 radical (unpaired) electrons. The highest BCUT2D eigenvalue weighted by atomic mass is 14.0. The molecule has 0 unspecified atom stereocenters. The lowest BCUT2D eigenvalue weighted by Gasteiger charge is -1.99. The zero-order valence-electron chi connectivity index (χ0n) is 11.0. The van der Waals surface area contributed by atoms with Crippen molar-refractivity contribution in [3.63, 3.8) is 0 Å². The second-order valence-corrected chi connectivity index (χ2v) is 4.37. The molecule has 0 bridgehead atoms. The summed E-state index contributed by atoms with van der Waals surface area (Å²) in [6.07, 6.45) is 9.30. The quantitative estimate of drug-likeness (QED) is 0.492. The van der Waals surface area contributed by atoms with Crippen LogP contribution in [0.25, 0.3) is 12.2 Å². The molecule has 0 heterocycles. The van der Waals surface area contributed by atoms with E-state index in [1.165, 1.54) is 16.7 Å². The number of rotatable bonds is 5. The van der Waals surface area contributed by atoms with Gasteiger partial charge in [0, 0.05) is 0 Å². The van der Waals surface area contributed by atoms with Gasteiger partial charge in [-0.1, -0.05) is 85.0 Å². The Hall–Kier alpha value is -2.34. The van der Waals surface area contributed by atoms with Gasteiger partial charge in [-0.2, -0.15) is 0 Å². The molecule has 0 nitrogen and oxygen atoms in total. The van der Waals surface area contributed by atoms with E-state index in [2.05, 4.69) is 61.2 Å². The smallest absolute Gasteiger partial charge is 0.00999 e. The third-order valence-corrected chi connectivity index (χ3v) is 2.82. The predicted octanol–water partition coefficient (Wildman–Crippen LogP) is 5.36. The van der Waals surface area contributed by atoms with E-state index >= 15 is 0 Å². The first-order chi connectivity index (χ1) is 9.38. The highest BCUT2D eigenvalue weighted by molar-refractivity contribution is 5.61. The second-order valence-electron chi connectivity index (χ2n) is 4.37. The summed E-state index contributed by atoms with van der Waals surface area (Å²) in [6, 6.07) is 20.7. The molecule has 2 aromatic rings. The SMILES string of the molecule is C=CCC(C=Cc1ccccc1)=Cc1ccccc1. The van der Waals surface area contributed by atoms with Crippen LogP contribution in [-0.2, 0) is 0 Å². The van der Waals surface area contributed by atoms with E-state index < -0.39 is 0 Å². The molecule has 2 rings (SSSR count). The van der Waals surface area contributed by atoms with Gasteiger partial charge in [0.15, 0.2) is 0 Å². The van der Waals surface area contributed by atoms with Gasteiger partial charge in [-0.05, 0) is 23.1 Å². The topological polar surface area (TPSA) is 0 Å². The van der Waals surface area contributed by atoms with Gasteiger partial charge in [0.2, 0.25) is 0 Å². The molecule has 0 saturated heterocycles. The van der Waals surface area contributed by atoms with Crippen LogP contribution in [0.3, 0.4) is 0 Å². The predicted molar refractivity (Wildman–Crippen MR) is 84.7 cm³/mol. The minimum Gasteiger partial charge on any atom is -0.103 e. The van der Waals surface area contributed by atoms with E-state index in [1.54, 1.807) is 0 Å². The van der Waals surface area contributed by atoms with Crippen LogP contribution in [0.2, 0.25) is 0 Å². The van der Waals surface area contributed by atoms with Gasteiger partial charge in [-0.15, -0.1) is 6.58 Å². The standard InChI is InChI=1S/C19H18/c1-2-9-18(16-19-12-7-4-8-13-19)15-14-17-10-5-3-6-11-17/h2-8,10-16H,1,9H2. The van der Waals surface area contributed by atoms with E-state index in [0.29, 0.717) is 0 Å². The number of hydrogen-bond donors (Lipinski definition) is 0. The third kappa shape index (κ3) is 4.44. The fourth-order valence-electron chi connectivity index (χ4n) is 1.87. The molecule has 19 heavy (non-hydrogen) atoms. The first kappa shape index (κ1) is 13.1. The van der Waals surface area contributed by atoms with Crippen LogP contribution in [0.5, 0.6) is 0 Å². The van der Waals surface area contributed by atoms with Crippen molar-refractivity contribution in [2.75, 3.05) is 0 Å². The van der Waals surface area contributed by atoms with E-state index in [4.69, 9.17) is 0 Å². The normalized spacial score (nSPS) is 11.7. The Bertz CT molecular complexity index is 560. The lowest BCUT2D eigenvalue weighted by Crippen LogP contribution is -1.78. The fraction of sp³-hybridized carbons (Fsp3) is 0.0526. The molecule has 0 fully saturated rings. The molecule has 0 aliphatic heterocycles. The van der Waals surface area contributed by atoms with Gasteiger partial charge >= 0.3 is 0 Å².